The van der Waals surface area contributed by atoms with Gasteiger partial charge in [-0.25, -0.2) is 4.79 Å². The smallest absolute Gasteiger partial charge is 0.414 e. The number of fused-ring (bicyclic) bond motifs is 2. The largest absolute Gasteiger partial charge is 0.455 e. The lowest BCUT2D eigenvalue weighted by molar-refractivity contribution is -0.124. The predicted octanol–water partition coefficient (Wildman–Crippen LogP) is 4.13. The number of rotatable bonds is 3. The van der Waals surface area contributed by atoms with E-state index >= 15 is 0 Å². The zero-order chi connectivity index (χ0) is 20.0. The fraction of sp³-hybridized carbons (Fsp3) is 0.238. The van der Waals surface area contributed by atoms with Gasteiger partial charge < -0.3 is 9.47 Å². The summed E-state index contributed by atoms with van der Waals surface area (Å²) in [7, 11) is 0. The summed E-state index contributed by atoms with van der Waals surface area (Å²) in [4.78, 5) is 32.3. The first-order valence-corrected chi connectivity index (χ1v) is 9.69. The molecule has 2 amide bonds. The van der Waals surface area contributed by atoms with Crippen LogP contribution in [0.1, 0.15) is 30.0 Å². The first-order valence-electron chi connectivity index (χ1n) is 9.31. The second kappa shape index (κ2) is 7.00. The Morgan fingerprint density at radius 3 is 2.90 bits per heavy atom. The zero-order valence-corrected chi connectivity index (χ0v) is 16.0. The van der Waals surface area contributed by atoms with E-state index < -0.39 is 18.1 Å². The minimum atomic E-state index is -0.824. The van der Waals surface area contributed by atoms with E-state index in [0.29, 0.717) is 16.5 Å². The van der Waals surface area contributed by atoms with Crippen LogP contribution in [0.25, 0.3) is 10.9 Å². The Morgan fingerprint density at radius 1 is 1.17 bits per heavy atom. The van der Waals surface area contributed by atoms with Crippen LogP contribution in [0.4, 0.5) is 4.79 Å². The molecule has 7 nitrogen and oxygen atoms in total. The Labute approximate surface area is 171 Å². The summed E-state index contributed by atoms with van der Waals surface area (Å²) in [5, 5.41) is 3.65. The van der Waals surface area contributed by atoms with Crippen LogP contribution in [-0.2, 0) is 16.0 Å². The average Bonchev–Trinajstić information content (AvgIpc) is 3.05. The molecule has 1 aliphatic carbocycles. The summed E-state index contributed by atoms with van der Waals surface area (Å²) in [5.41, 5.74) is 2.52. The number of carbonyl (C=O) groups excluding carboxylic acids is 2. The SMILES string of the molecule is O=C1NC(=O)C([C@H]2CCCc3cc(Oc4ccnc5cc(Cl)ccc45)cnc32)O1. The monoisotopic (exact) mass is 409 g/mol. The molecule has 1 saturated heterocycles. The molecular weight excluding hydrogens is 394 g/mol. The Morgan fingerprint density at radius 2 is 2.07 bits per heavy atom. The maximum atomic E-state index is 12.0. The van der Waals surface area contributed by atoms with Crippen molar-refractivity contribution in [1.29, 1.82) is 0 Å². The van der Waals surface area contributed by atoms with E-state index in [1.165, 1.54) is 0 Å². The maximum Gasteiger partial charge on any atom is 0.414 e. The molecule has 1 N–H and O–H groups in total. The van der Waals surface area contributed by atoms with Crippen LogP contribution in [0.15, 0.2) is 42.7 Å². The number of halogens is 1. The molecule has 3 heterocycles. The fourth-order valence-electron chi connectivity index (χ4n) is 3.98. The molecule has 0 bridgehead atoms. The van der Waals surface area contributed by atoms with E-state index in [4.69, 9.17) is 21.1 Å². The van der Waals surface area contributed by atoms with Crippen LogP contribution in [0.3, 0.4) is 0 Å². The Bertz CT molecular complexity index is 1150. The number of imide groups is 1. The van der Waals surface area contributed by atoms with Crippen LogP contribution in [0, 0.1) is 0 Å². The average molecular weight is 410 g/mol. The molecule has 1 fully saturated rings. The van der Waals surface area contributed by atoms with Gasteiger partial charge in [-0.15, -0.1) is 0 Å². The van der Waals surface area contributed by atoms with Gasteiger partial charge in [0.2, 0.25) is 0 Å². The van der Waals surface area contributed by atoms with Crippen molar-refractivity contribution in [1.82, 2.24) is 15.3 Å². The fourth-order valence-corrected chi connectivity index (χ4v) is 4.15. The maximum absolute atomic E-state index is 12.0. The number of pyridine rings is 2. The molecule has 3 aromatic rings. The quantitative estimate of drug-likeness (QED) is 0.699. The second-order valence-corrected chi connectivity index (χ2v) is 7.54. The van der Waals surface area contributed by atoms with Gasteiger partial charge in [0.1, 0.15) is 11.5 Å². The normalized spacial score (nSPS) is 20.9. The number of alkyl carbamates (subject to hydrolysis) is 1. The number of benzene rings is 1. The Hall–Kier alpha value is -3.19. The molecule has 1 unspecified atom stereocenters. The molecule has 8 heteroatoms. The van der Waals surface area contributed by atoms with Crippen molar-refractivity contribution >= 4 is 34.5 Å². The number of hydrogen-bond donors (Lipinski definition) is 1. The van der Waals surface area contributed by atoms with Crippen LogP contribution >= 0.6 is 11.6 Å². The number of aromatic nitrogens is 2. The molecule has 5 rings (SSSR count). The van der Waals surface area contributed by atoms with Crippen LogP contribution in [-0.4, -0.2) is 28.1 Å². The molecule has 0 spiro atoms. The minimum absolute atomic E-state index is 0.247. The highest BCUT2D eigenvalue weighted by Gasteiger charge is 2.41. The number of cyclic esters (lactones) is 1. The first-order chi connectivity index (χ1) is 14.1. The van der Waals surface area contributed by atoms with E-state index in [9.17, 15) is 9.59 Å². The highest BCUT2D eigenvalue weighted by atomic mass is 35.5. The standard InChI is InChI=1S/C21H16ClN3O4/c22-12-4-5-14-16(9-12)23-7-6-17(14)28-13-8-11-2-1-3-15(18(11)24-10-13)19-20(26)25-21(27)29-19/h4-10,15,19H,1-3H2,(H,25,26,27)/t15-,19?/m0/s1. The lowest BCUT2D eigenvalue weighted by atomic mass is 9.83. The van der Waals surface area contributed by atoms with E-state index in [2.05, 4.69) is 15.3 Å². The lowest BCUT2D eigenvalue weighted by Gasteiger charge is -2.26. The summed E-state index contributed by atoms with van der Waals surface area (Å²) >= 11 is 6.05. The first kappa shape index (κ1) is 17.9. The number of nitrogens with zero attached hydrogens (tertiary/aromatic N) is 2. The highest BCUT2D eigenvalue weighted by Crippen LogP contribution is 2.38. The number of carbonyl (C=O) groups is 2. The summed E-state index contributed by atoms with van der Waals surface area (Å²) in [5.74, 6) is 0.602. The van der Waals surface area contributed by atoms with Gasteiger partial charge in [0.15, 0.2) is 6.10 Å². The van der Waals surface area contributed by atoms with E-state index in [1.807, 2.05) is 12.1 Å². The van der Waals surface area contributed by atoms with Crippen LogP contribution < -0.4 is 10.1 Å². The number of amides is 2. The van der Waals surface area contributed by atoms with Crippen LogP contribution in [0.2, 0.25) is 5.02 Å². The molecule has 1 aromatic carbocycles. The van der Waals surface area contributed by atoms with Gasteiger partial charge in [0.25, 0.3) is 5.91 Å². The molecule has 0 radical (unpaired) electrons. The van der Waals surface area contributed by atoms with Gasteiger partial charge in [-0.1, -0.05) is 11.6 Å². The zero-order valence-electron chi connectivity index (χ0n) is 15.2. The minimum Gasteiger partial charge on any atom is -0.455 e. The molecular formula is C21H16ClN3O4. The predicted molar refractivity (Wildman–Crippen MR) is 105 cm³/mol. The summed E-state index contributed by atoms with van der Waals surface area (Å²) in [6, 6.07) is 9.18. The van der Waals surface area contributed by atoms with Crippen molar-refractivity contribution in [3.05, 3.63) is 59.0 Å². The van der Waals surface area contributed by atoms with Gasteiger partial charge in [-0.3, -0.25) is 20.1 Å². The van der Waals surface area contributed by atoms with Gasteiger partial charge in [-0.05, 0) is 55.2 Å². The van der Waals surface area contributed by atoms with Gasteiger partial charge >= 0.3 is 6.09 Å². The molecule has 2 aromatic heterocycles. The molecule has 146 valence electrons. The van der Waals surface area contributed by atoms with E-state index in [-0.39, 0.29) is 5.92 Å². The van der Waals surface area contributed by atoms with E-state index in [0.717, 1.165) is 41.4 Å². The molecule has 2 aliphatic rings. The lowest BCUT2D eigenvalue weighted by Crippen LogP contribution is -2.32. The third-order valence-corrected chi connectivity index (χ3v) is 5.50. The van der Waals surface area contributed by atoms with Crippen molar-refractivity contribution in [3.8, 4) is 11.5 Å². The van der Waals surface area contributed by atoms with Crippen molar-refractivity contribution < 1.29 is 19.1 Å². The van der Waals surface area contributed by atoms with Gasteiger partial charge in [-0.2, -0.15) is 0 Å². The van der Waals surface area contributed by atoms with E-state index in [1.54, 1.807) is 30.6 Å². The van der Waals surface area contributed by atoms with Crippen molar-refractivity contribution in [2.75, 3.05) is 0 Å². The van der Waals surface area contributed by atoms with Crippen molar-refractivity contribution in [2.24, 2.45) is 0 Å². The number of hydrogen-bond acceptors (Lipinski definition) is 6. The highest BCUT2D eigenvalue weighted by molar-refractivity contribution is 6.31. The molecule has 1 aliphatic heterocycles. The topological polar surface area (TPSA) is 90.4 Å². The second-order valence-electron chi connectivity index (χ2n) is 7.10. The third-order valence-electron chi connectivity index (χ3n) is 5.26. The molecule has 29 heavy (non-hydrogen) atoms. The van der Waals surface area contributed by atoms with Crippen LogP contribution in [0.5, 0.6) is 11.5 Å². The molecule has 2 atom stereocenters. The number of ether oxygens (including phenoxy) is 2. The number of nitrogens with one attached hydrogen (secondary N) is 1. The summed E-state index contributed by atoms with van der Waals surface area (Å²) in [6.07, 6.45) is 4.22. The van der Waals surface area contributed by atoms with Gasteiger partial charge in [0.05, 0.1) is 17.4 Å². The summed E-state index contributed by atoms with van der Waals surface area (Å²) in [6.45, 7) is 0. The van der Waals surface area contributed by atoms with Crippen molar-refractivity contribution in [2.45, 2.75) is 31.3 Å². The number of aryl methyl sites for hydroxylation is 1. The van der Waals surface area contributed by atoms with Crippen molar-refractivity contribution in [3.63, 3.8) is 0 Å². The third kappa shape index (κ3) is 3.27. The Balaban J connectivity index is 1.46. The summed E-state index contributed by atoms with van der Waals surface area (Å²) < 4.78 is 11.3. The molecule has 0 saturated carbocycles. The Kier molecular flexibility index (Phi) is 4.32. The van der Waals surface area contributed by atoms with Gasteiger partial charge in [0, 0.05) is 22.5 Å².